The molecule has 2 aromatic rings. The third-order valence-electron chi connectivity index (χ3n) is 4.21. The number of fused-ring (bicyclic) bond motifs is 1. The van der Waals surface area contributed by atoms with Crippen molar-refractivity contribution in [1.82, 2.24) is 15.3 Å². The second-order valence-electron chi connectivity index (χ2n) is 5.99. The quantitative estimate of drug-likeness (QED) is 0.927. The highest BCUT2D eigenvalue weighted by Crippen LogP contribution is 2.41. The van der Waals surface area contributed by atoms with E-state index in [2.05, 4.69) is 36.5 Å². The van der Waals surface area contributed by atoms with E-state index in [0.717, 1.165) is 25.3 Å². The average Bonchev–Trinajstić information content (AvgIpc) is 3.19. The second kappa shape index (κ2) is 4.67. The molecule has 1 N–H and O–H groups in total. The monoisotopic (exact) mass is 265 g/mol. The standard InChI is InChI=1S/C17H19N3/c1-11-2-4-12(5-3-11)8-16-19-15-10-18-9-14(15)17(20-16)13-6-7-13/h2-5,13,18H,6-10H2,1H3. The molecule has 0 atom stereocenters. The van der Waals surface area contributed by atoms with Crippen LogP contribution in [0.4, 0.5) is 0 Å². The minimum absolute atomic E-state index is 0.698. The van der Waals surface area contributed by atoms with Crippen LogP contribution in [0.15, 0.2) is 24.3 Å². The molecule has 3 nitrogen and oxygen atoms in total. The third kappa shape index (κ3) is 2.22. The van der Waals surface area contributed by atoms with Gasteiger partial charge in [0.15, 0.2) is 0 Å². The molecule has 0 bridgehead atoms. The molecular formula is C17H19N3. The van der Waals surface area contributed by atoms with Crippen molar-refractivity contribution in [3.8, 4) is 0 Å². The number of nitrogens with zero attached hydrogens (tertiary/aromatic N) is 2. The van der Waals surface area contributed by atoms with Crippen molar-refractivity contribution < 1.29 is 0 Å². The van der Waals surface area contributed by atoms with Crippen LogP contribution in [-0.2, 0) is 19.5 Å². The molecule has 4 rings (SSSR count). The first-order valence-electron chi connectivity index (χ1n) is 7.44. The molecule has 1 aromatic carbocycles. The first-order chi connectivity index (χ1) is 9.79. The Labute approximate surface area is 119 Å². The highest BCUT2D eigenvalue weighted by molar-refractivity contribution is 5.35. The lowest BCUT2D eigenvalue weighted by Crippen LogP contribution is -2.06. The number of aryl methyl sites for hydroxylation is 1. The van der Waals surface area contributed by atoms with Crippen molar-refractivity contribution in [3.05, 3.63) is 58.2 Å². The summed E-state index contributed by atoms with van der Waals surface area (Å²) in [6.45, 7) is 3.97. The van der Waals surface area contributed by atoms with Crippen molar-refractivity contribution in [2.75, 3.05) is 0 Å². The van der Waals surface area contributed by atoms with E-state index in [4.69, 9.17) is 9.97 Å². The fourth-order valence-corrected chi connectivity index (χ4v) is 2.91. The number of hydrogen-bond donors (Lipinski definition) is 1. The van der Waals surface area contributed by atoms with E-state index in [9.17, 15) is 0 Å². The zero-order valence-corrected chi connectivity index (χ0v) is 11.8. The summed E-state index contributed by atoms with van der Waals surface area (Å²) in [6.07, 6.45) is 3.44. The van der Waals surface area contributed by atoms with Crippen LogP contribution in [0.2, 0.25) is 0 Å². The lowest BCUT2D eigenvalue weighted by molar-refractivity contribution is 0.754. The fourth-order valence-electron chi connectivity index (χ4n) is 2.91. The van der Waals surface area contributed by atoms with Crippen LogP contribution in [0.3, 0.4) is 0 Å². The summed E-state index contributed by atoms with van der Waals surface area (Å²) in [6, 6.07) is 8.68. The van der Waals surface area contributed by atoms with Crippen LogP contribution in [-0.4, -0.2) is 9.97 Å². The Hall–Kier alpha value is -1.74. The summed E-state index contributed by atoms with van der Waals surface area (Å²) in [5.74, 6) is 1.68. The number of aromatic nitrogens is 2. The number of hydrogen-bond acceptors (Lipinski definition) is 3. The van der Waals surface area contributed by atoms with E-state index >= 15 is 0 Å². The molecule has 1 aromatic heterocycles. The van der Waals surface area contributed by atoms with Gasteiger partial charge < -0.3 is 5.32 Å². The van der Waals surface area contributed by atoms with Gasteiger partial charge in [-0.05, 0) is 25.3 Å². The summed E-state index contributed by atoms with van der Waals surface area (Å²) in [4.78, 5) is 9.64. The Balaban J connectivity index is 1.68. The van der Waals surface area contributed by atoms with Gasteiger partial charge in [-0.15, -0.1) is 0 Å². The summed E-state index contributed by atoms with van der Waals surface area (Å²) < 4.78 is 0. The van der Waals surface area contributed by atoms with Gasteiger partial charge in [-0.25, -0.2) is 9.97 Å². The summed E-state index contributed by atoms with van der Waals surface area (Å²) >= 11 is 0. The molecule has 20 heavy (non-hydrogen) atoms. The minimum Gasteiger partial charge on any atom is -0.307 e. The maximum Gasteiger partial charge on any atom is 0.133 e. The predicted molar refractivity (Wildman–Crippen MR) is 78.5 cm³/mol. The van der Waals surface area contributed by atoms with Gasteiger partial charge in [0, 0.05) is 31.0 Å². The zero-order valence-electron chi connectivity index (χ0n) is 11.8. The predicted octanol–water partition coefficient (Wildman–Crippen LogP) is 2.86. The number of benzene rings is 1. The van der Waals surface area contributed by atoms with E-state index < -0.39 is 0 Å². The van der Waals surface area contributed by atoms with Gasteiger partial charge in [0.05, 0.1) is 11.4 Å². The maximum atomic E-state index is 4.87. The molecule has 1 saturated carbocycles. The van der Waals surface area contributed by atoms with E-state index in [1.54, 1.807) is 0 Å². The van der Waals surface area contributed by atoms with Gasteiger partial charge >= 0.3 is 0 Å². The molecule has 1 aliphatic carbocycles. The largest absolute Gasteiger partial charge is 0.307 e. The third-order valence-corrected chi connectivity index (χ3v) is 4.21. The Morgan fingerprint density at radius 1 is 1.10 bits per heavy atom. The molecule has 0 amide bonds. The minimum atomic E-state index is 0.698. The first kappa shape index (κ1) is 12.0. The Morgan fingerprint density at radius 2 is 1.90 bits per heavy atom. The van der Waals surface area contributed by atoms with Crippen LogP contribution in [0.25, 0.3) is 0 Å². The second-order valence-corrected chi connectivity index (χ2v) is 5.99. The molecule has 1 aliphatic heterocycles. The van der Waals surface area contributed by atoms with Crippen molar-refractivity contribution in [2.45, 2.75) is 45.2 Å². The van der Waals surface area contributed by atoms with Crippen LogP contribution >= 0.6 is 0 Å². The van der Waals surface area contributed by atoms with E-state index in [0.29, 0.717) is 5.92 Å². The van der Waals surface area contributed by atoms with Crippen LogP contribution < -0.4 is 5.32 Å². The Kier molecular flexibility index (Phi) is 2.81. The van der Waals surface area contributed by atoms with Gasteiger partial charge in [-0.3, -0.25) is 0 Å². The van der Waals surface area contributed by atoms with Crippen LogP contribution in [0, 0.1) is 6.92 Å². The van der Waals surface area contributed by atoms with Crippen molar-refractivity contribution in [3.63, 3.8) is 0 Å². The molecule has 0 radical (unpaired) electrons. The molecule has 0 unspecified atom stereocenters. The molecule has 0 spiro atoms. The molecule has 0 saturated heterocycles. The highest BCUT2D eigenvalue weighted by atomic mass is 15.0. The van der Waals surface area contributed by atoms with E-state index in [-0.39, 0.29) is 0 Å². The molecule has 3 heteroatoms. The van der Waals surface area contributed by atoms with Gasteiger partial charge in [-0.2, -0.15) is 0 Å². The zero-order chi connectivity index (χ0) is 13.5. The Morgan fingerprint density at radius 3 is 2.65 bits per heavy atom. The Bertz CT molecular complexity index is 642. The summed E-state index contributed by atoms with van der Waals surface area (Å²) in [5.41, 5.74) is 6.51. The molecular weight excluding hydrogens is 246 g/mol. The van der Waals surface area contributed by atoms with Gasteiger partial charge in [0.25, 0.3) is 0 Å². The van der Waals surface area contributed by atoms with Crippen molar-refractivity contribution in [2.24, 2.45) is 0 Å². The fraction of sp³-hybridized carbons (Fsp3) is 0.412. The van der Waals surface area contributed by atoms with E-state index in [1.165, 1.54) is 40.9 Å². The number of nitrogens with one attached hydrogen (secondary N) is 1. The molecule has 1 fully saturated rings. The lowest BCUT2D eigenvalue weighted by atomic mass is 10.1. The smallest absolute Gasteiger partial charge is 0.133 e. The lowest BCUT2D eigenvalue weighted by Gasteiger charge is -2.09. The van der Waals surface area contributed by atoms with Gasteiger partial charge in [-0.1, -0.05) is 29.8 Å². The summed E-state index contributed by atoms with van der Waals surface area (Å²) in [5, 5.41) is 3.41. The first-order valence-corrected chi connectivity index (χ1v) is 7.44. The molecule has 102 valence electrons. The summed E-state index contributed by atoms with van der Waals surface area (Å²) in [7, 11) is 0. The number of rotatable bonds is 3. The van der Waals surface area contributed by atoms with Crippen LogP contribution in [0.5, 0.6) is 0 Å². The SMILES string of the molecule is Cc1ccc(Cc2nc3c(c(C4CC4)n2)CNC3)cc1. The topological polar surface area (TPSA) is 37.8 Å². The molecule has 2 aliphatic rings. The highest BCUT2D eigenvalue weighted by Gasteiger charge is 2.31. The average molecular weight is 265 g/mol. The normalized spacial score (nSPS) is 17.2. The van der Waals surface area contributed by atoms with E-state index in [1.807, 2.05) is 0 Å². The maximum absolute atomic E-state index is 4.87. The van der Waals surface area contributed by atoms with Gasteiger partial charge in [0.2, 0.25) is 0 Å². The van der Waals surface area contributed by atoms with Gasteiger partial charge in [0.1, 0.15) is 5.82 Å². The van der Waals surface area contributed by atoms with Crippen LogP contribution in [0.1, 0.15) is 52.7 Å². The van der Waals surface area contributed by atoms with Crippen molar-refractivity contribution >= 4 is 0 Å². The molecule has 2 heterocycles. The van der Waals surface area contributed by atoms with Crippen molar-refractivity contribution in [1.29, 1.82) is 0 Å².